The van der Waals surface area contributed by atoms with Crippen LogP contribution in [0.15, 0.2) is 0 Å². The Morgan fingerprint density at radius 2 is 0.887 bits per heavy atom. The molecule has 0 bridgehead atoms. The van der Waals surface area contributed by atoms with Crippen molar-refractivity contribution in [2.24, 2.45) is 23.7 Å². The molecule has 0 aliphatic carbocycles. The Labute approximate surface area is 371 Å². The monoisotopic (exact) mass is 882 g/mol. The zero-order valence-electron chi connectivity index (χ0n) is 40.7. The van der Waals surface area contributed by atoms with Gasteiger partial charge < -0.3 is 46.3 Å². The summed E-state index contributed by atoms with van der Waals surface area (Å²) in [5.74, 6) is -2.03. The number of alkyl carbamates (subject to hydrolysis) is 1. The van der Waals surface area contributed by atoms with E-state index < -0.39 is 53.9 Å². The van der Waals surface area contributed by atoms with Crippen molar-refractivity contribution in [1.29, 1.82) is 0 Å². The number of ether oxygens (including phenoxy) is 2. The van der Waals surface area contributed by atoms with Crippen LogP contribution in [0.5, 0.6) is 0 Å². The molecule has 7 atom stereocenters. The first kappa shape index (κ1) is 57.6. The highest BCUT2D eigenvalue weighted by molar-refractivity contribution is 5.84. The van der Waals surface area contributed by atoms with Gasteiger partial charge in [0.2, 0.25) is 35.4 Å². The number of rotatable bonds is 27. The van der Waals surface area contributed by atoms with Crippen LogP contribution in [0, 0.1) is 23.7 Å². The Bertz CT molecular complexity index is 1460. The summed E-state index contributed by atoms with van der Waals surface area (Å²) in [6, 6.07) is -3.35. The second kappa shape index (κ2) is 28.3. The number of nitrogens with zero attached hydrogens (tertiary/aromatic N) is 1. The van der Waals surface area contributed by atoms with E-state index in [4.69, 9.17) is 9.47 Å². The van der Waals surface area contributed by atoms with Crippen molar-refractivity contribution < 1.29 is 47.8 Å². The van der Waals surface area contributed by atoms with E-state index in [0.717, 1.165) is 0 Å². The van der Waals surface area contributed by atoms with Crippen molar-refractivity contribution in [2.45, 2.75) is 203 Å². The van der Waals surface area contributed by atoms with Crippen LogP contribution < -0.4 is 31.9 Å². The maximum atomic E-state index is 13.5. The number of hydrogen-bond acceptors (Lipinski definition) is 10. The van der Waals surface area contributed by atoms with Crippen LogP contribution in [0.1, 0.15) is 155 Å². The SMILES string of the molecule is COC(=O)C[C@H](CC(C)C)NC(=O)C[C@H](C)NC(=O)C[C@H](NC(=O)C[C@H](C)N(C)C(=O)C[C@H](CC(C)C)NC(=O)C[C@H](C)NC(=O)C[C@H](NC(=O)OC(C)(C)C)C(C)C)C(C)C. The fourth-order valence-electron chi connectivity index (χ4n) is 6.74. The predicted octanol–water partition coefficient (Wildman–Crippen LogP) is 4.50. The summed E-state index contributed by atoms with van der Waals surface area (Å²) >= 11 is 0. The molecular formula is C45H83N7O10. The van der Waals surface area contributed by atoms with Gasteiger partial charge in [0.05, 0.1) is 13.5 Å². The second-order valence-electron chi connectivity index (χ2n) is 19.5. The van der Waals surface area contributed by atoms with Gasteiger partial charge in [0.25, 0.3) is 0 Å². The van der Waals surface area contributed by atoms with Crippen molar-refractivity contribution in [1.82, 2.24) is 36.8 Å². The molecule has 0 rings (SSSR count). The summed E-state index contributed by atoms with van der Waals surface area (Å²) in [5, 5.41) is 17.2. The standard InChI is InChI=1S/C45H83N7O10/c1-26(2)17-33(48-37(53)19-30(9)47-41(57)25-36(29(7)8)51-44(60)62-45(12,13)14)22-42(58)52(15)32(11)21-39(55)50-35(28(5)6)24-40(56)46-31(10)20-38(54)49-34(18-27(3)4)23-43(59)61-16/h26-36H,17-25H2,1-16H3,(H,46,56)(H,47,57)(H,48,53)(H,49,54)(H,50,55)(H,51,60)/t30-,31-,32-,33-,34-,35-,36-/m0/s1. The normalized spacial score (nSPS) is 15.0. The first-order valence-electron chi connectivity index (χ1n) is 22.3. The van der Waals surface area contributed by atoms with Crippen LogP contribution in [-0.4, -0.2) is 114 Å². The van der Waals surface area contributed by atoms with Crippen molar-refractivity contribution >= 4 is 47.5 Å². The van der Waals surface area contributed by atoms with Crippen molar-refractivity contribution in [2.75, 3.05) is 14.2 Å². The van der Waals surface area contributed by atoms with Gasteiger partial charge in [-0.1, -0.05) is 55.4 Å². The highest BCUT2D eigenvalue weighted by Gasteiger charge is 2.28. The summed E-state index contributed by atoms with van der Waals surface area (Å²) < 4.78 is 10.1. The summed E-state index contributed by atoms with van der Waals surface area (Å²) in [6.45, 7) is 26.0. The topological polar surface area (TPSA) is 230 Å². The van der Waals surface area contributed by atoms with E-state index in [2.05, 4.69) is 31.9 Å². The highest BCUT2D eigenvalue weighted by atomic mass is 16.6. The number of amides is 7. The van der Waals surface area contributed by atoms with Gasteiger partial charge in [0.1, 0.15) is 5.60 Å². The van der Waals surface area contributed by atoms with E-state index in [-0.39, 0.29) is 110 Å². The van der Waals surface area contributed by atoms with E-state index in [1.165, 1.54) is 12.0 Å². The van der Waals surface area contributed by atoms with E-state index in [1.54, 1.807) is 48.6 Å². The maximum Gasteiger partial charge on any atom is 0.407 e. The fraction of sp³-hybridized carbons (Fsp3) is 0.822. The number of hydrogen-bond donors (Lipinski definition) is 6. The summed E-state index contributed by atoms with van der Waals surface area (Å²) in [4.78, 5) is 104. The molecule has 7 amide bonds. The van der Waals surface area contributed by atoms with Crippen LogP contribution in [0.4, 0.5) is 4.79 Å². The highest BCUT2D eigenvalue weighted by Crippen LogP contribution is 2.15. The fourth-order valence-corrected chi connectivity index (χ4v) is 6.74. The molecule has 17 nitrogen and oxygen atoms in total. The van der Waals surface area contributed by atoms with Crippen LogP contribution >= 0.6 is 0 Å². The lowest BCUT2D eigenvalue weighted by Gasteiger charge is -2.29. The molecule has 0 aliphatic heterocycles. The van der Waals surface area contributed by atoms with Crippen LogP contribution in [-0.2, 0) is 43.0 Å². The van der Waals surface area contributed by atoms with Crippen LogP contribution in [0.25, 0.3) is 0 Å². The van der Waals surface area contributed by atoms with E-state index >= 15 is 0 Å². The van der Waals surface area contributed by atoms with Crippen LogP contribution in [0.2, 0.25) is 0 Å². The molecule has 358 valence electrons. The summed E-state index contributed by atoms with van der Waals surface area (Å²) in [7, 11) is 2.91. The first-order valence-corrected chi connectivity index (χ1v) is 22.3. The number of esters is 1. The third kappa shape index (κ3) is 26.8. The Kier molecular flexibility index (Phi) is 26.3. The Balaban J connectivity index is 5.23. The number of methoxy groups -OCH3 is 1. The molecule has 0 radical (unpaired) electrons. The molecule has 0 fully saturated rings. The van der Waals surface area contributed by atoms with Crippen molar-refractivity contribution in [3.05, 3.63) is 0 Å². The Hall–Kier alpha value is -4.44. The zero-order chi connectivity index (χ0) is 48.1. The smallest absolute Gasteiger partial charge is 0.407 e. The molecule has 0 aromatic rings. The quantitative estimate of drug-likeness (QED) is 0.0633. The number of nitrogens with one attached hydrogen (secondary N) is 6. The van der Waals surface area contributed by atoms with Crippen LogP contribution in [0.3, 0.4) is 0 Å². The average molecular weight is 882 g/mol. The predicted molar refractivity (Wildman–Crippen MR) is 239 cm³/mol. The zero-order valence-corrected chi connectivity index (χ0v) is 40.7. The second-order valence-corrected chi connectivity index (χ2v) is 19.5. The number of carbonyl (C=O) groups is 8. The average Bonchev–Trinajstić information content (AvgIpc) is 3.08. The van der Waals surface area contributed by atoms with Gasteiger partial charge in [-0.05, 0) is 78.1 Å². The van der Waals surface area contributed by atoms with Gasteiger partial charge in [-0.2, -0.15) is 0 Å². The molecule has 0 unspecified atom stereocenters. The largest absolute Gasteiger partial charge is 0.469 e. The van der Waals surface area contributed by atoms with Gasteiger partial charge in [0.15, 0.2) is 0 Å². The summed E-state index contributed by atoms with van der Waals surface area (Å²) in [5.41, 5.74) is -0.683. The van der Waals surface area contributed by atoms with Gasteiger partial charge in [-0.15, -0.1) is 0 Å². The summed E-state index contributed by atoms with van der Waals surface area (Å²) in [6.07, 6.45) is 0.543. The lowest BCUT2D eigenvalue weighted by molar-refractivity contribution is -0.141. The molecule has 17 heteroatoms. The minimum atomic E-state index is -0.683. The maximum absolute atomic E-state index is 13.5. The van der Waals surface area contributed by atoms with Gasteiger partial charge in [-0.3, -0.25) is 33.6 Å². The molecule has 0 saturated carbocycles. The molecular weight excluding hydrogens is 799 g/mol. The molecule has 0 aliphatic rings. The molecule has 62 heavy (non-hydrogen) atoms. The van der Waals surface area contributed by atoms with E-state index in [9.17, 15) is 38.4 Å². The van der Waals surface area contributed by atoms with Crippen molar-refractivity contribution in [3.63, 3.8) is 0 Å². The molecule has 0 saturated heterocycles. The molecule has 0 aromatic carbocycles. The molecule has 0 heterocycles. The minimum Gasteiger partial charge on any atom is -0.469 e. The van der Waals surface area contributed by atoms with Gasteiger partial charge in [-0.25, -0.2) is 4.79 Å². The van der Waals surface area contributed by atoms with E-state index in [0.29, 0.717) is 12.8 Å². The van der Waals surface area contributed by atoms with E-state index in [1.807, 2.05) is 55.4 Å². The molecule has 0 spiro atoms. The van der Waals surface area contributed by atoms with Gasteiger partial charge >= 0.3 is 12.1 Å². The molecule has 0 aromatic heterocycles. The first-order chi connectivity index (χ1) is 28.5. The lowest BCUT2D eigenvalue weighted by Crippen LogP contribution is -2.48. The Morgan fingerprint density at radius 3 is 1.27 bits per heavy atom. The third-order valence-corrected chi connectivity index (χ3v) is 10.1. The van der Waals surface area contributed by atoms with Crippen molar-refractivity contribution in [3.8, 4) is 0 Å². The van der Waals surface area contributed by atoms with Gasteiger partial charge in [0, 0.05) is 87.9 Å². The molecule has 6 N–H and O–H groups in total. The lowest BCUT2D eigenvalue weighted by atomic mass is 9.99. The third-order valence-electron chi connectivity index (χ3n) is 10.1. The number of carbonyl (C=O) groups excluding carboxylic acids is 8. The minimum absolute atomic E-state index is 0.00574. The Morgan fingerprint density at radius 1 is 0.500 bits per heavy atom.